The molecule has 2 rings (SSSR count). The van der Waals surface area contributed by atoms with Crippen molar-refractivity contribution in [1.29, 1.82) is 0 Å². The van der Waals surface area contributed by atoms with Crippen LogP contribution in [0.25, 0.3) is 0 Å². The average molecular weight is 270 g/mol. The van der Waals surface area contributed by atoms with Gasteiger partial charge in [-0.15, -0.1) is 0 Å². The third-order valence-electron chi connectivity index (χ3n) is 2.00. The molecule has 0 atom stereocenters. The van der Waals surface area contributed by atoms with E-state index in [1.807, 2.05) is 12.1 Å². The van der Waals surface area contributed by atoms with Gasteiger partial charge in [-0.1, -0.05) is 35.3 Å². The summed E-state index contributed by atoms with van der Waals surface area (Å²) in [6.07, 6.45) is 1.40. The van der Waals surface area contributed by atoms with E-state index in [4.69, 9.17) is 33.7 Å². The van der Waals surface area contributed by atoms with Gasteiger partial charge in [-0.25, -0.2) is 4.98 Å². The Morgan fingerprint density at radius 1 is 1.29 bits per heavy atom. The van der Waals surface area contributed by atoms with Crippen molar-refractivity contribution >= 4 is 29.2 Å². The summed E-state index contributed by atoms with van der Waals surface area (Å²) in [6.45, 7) is 0.316. The van der Waals surface area contributed by atoms with Crippen molar-refractivity contribution in [3.05, 3.63) is 46.1 Å². The molecule has 0 amide bonds. The zero-order valence-electron chi connectivity index (χ0n) is 8.73. The van der Waals surface area contributed by atoms with Crippen LogP contribution in [0.2, 0.25) is 10.0 Å². The van der Waals surface area contributed by atoms with Crippen molar-refractivity contribution in [1.82, 2.24) is 9.97 Å². The molecular weight excluding hydrogens is 261 g/mol. The van der Waals surface area contributed by atoms with Crippen LogP contribution in [-0.4, -0.2) is 9.97 Å². The lowest BCUT2D eigenvalue weighted by atomic mass is 10.2. The van der Waals surface area contributed by atoms with Crippen LogP contribution < -0.4 is 10.5 Å². The Labute approximate surface area is 108 Å². The van der Waals surface area contributed by atoms with Crippen LogP contribution in [0, 0.1) is 0 Å². The van der Waals surface area contributed by atoms with Gasteiger partial charge >= 0.3 is 0 Å². The highest BCUT2D eigenvalue weighted by molar-refractivity contribution is 6.31. The topological polar surface area (TPSA) is 61.0 Å². The highest BCUT2D eigenvalue weighted by atomic mass is 35.5. The number of benzene rings is 1. The van der Waals surface area contributed by atoms with Crippen molar-refractivity contribution in [2.75, 3.05) is 5.73 Å². The molecule has 4 nitrogen and oxygen atoms in total. The summed E-state index contributed by atoms with van der Waals surface area (Å²) in [4.78, 5) is 7.63. The number of hydrogen-bond acceptors (Lipinski definition) is 4. The number of nitrogen functional groups attached to an aromatic ring is 1. The molecule has 0 saturated heterocycles. The van der Waals surface area contributed by atoms with Crippen molar-refractivity contribution in [3.8, 4) is 5.88 Å². The fourth-order valence-electron chi connectivity index (χ4n) is 1.24. The van der Waals surface area contributed by atoms with E-state index in [0.29, 0.717) is 16.7 Å². The molecule has 1 aromatic heterocycles. The first kappa shape index (κ1) is 12.0. The van der Waals surface area contributed by atoms with Gasteiger partial charge < -0.3 is 10.5 Å². The van der Waals surface area contributed by atoms with Crippen molar-refractivity contribution < 1.29 is 4.74 Å². The van der Waals surface area contributed by atoms with E-state index in [-0.39, 0.29) is 11.8 Å². The lowest BCUT2D eigenvalue weighted by molar-refractivity contribution is 0.294. The standard InChI is InChI=1S/C11H9Cl2N3O/c12-8-3-1-2-7(4-8)6-17-10-9(13)5-15-11(14)16-10/h1-5H,6H2,(H2,14,15,16). The Bertz CT molecular complexity index is 534. The normalized spacial score (nSPS) is 10.2. The first-order valence-electron chi connectivity index (χ1n) is 4.80. The molecule has 0 aliphatic carbocycles. The number of rotatable bonds is 3. The third-order valence-corrected chi connectivity index (χ3v) is 2.49. The van der Waals surface area contributed by atoms with Gasteiger partial charge in [0.05, 0.1) is 6.20 Å². The van der Waals surface area contributed by atoms with E-state index >= 15 is 0 Å². The average Bonchev–Trinajstić information content (AvgIpc) is 2.30. The molecule has 0 bridgehead atoms. The summed E-state index contributed by atoms with van der Waals surface area (Å²) in [5.74, 6) is 0.384. The molecule has 0 unspecified atom stereocenters. The fraction of sp³-hybridized carbons (Fsp3) is 0.0909. The van der Waals surface area contributed by atoms with Gasteiger partial charge in [-0.05, 0) is 17.7 Å². The first-order chi connectivity index (χ1) is 8.15. The van der Waals surface area contributed by atoms with Gasteiger partial charge in [-0.2, -0.15) is 4.98 Å². The molecule has 0 radical (unpaired) electrons. The van der Waals surface area contributed by atoms with Gasteiger partial charge in [0, 0.05) is 5.02 Å². The molecule has 0 saturated carbocycles. The van der Waals surface area contributed by atoms with Crippen LogP contribution in [0.1, 0.15) is 5.56 Å². The lowest BCUT2D eigenvalue weighted by Crippen LogP contribution is -2.01. The Kier molecular flexibility index (Phi) is 3.66. The minimum Gasteiger partial charge on any atom is -0.472 e. The molecule has 0 aliphatic rings. The maximum absolute atomic E-state index is 5.86. The number of nitrogens with zero attached hydrogens (tertiary/aromatic N) is 2. The third kappa shape index (κ3) is 3.22. The van der Waals surface area contributed by atoms with E-state index in [2.05, 4.69) is 9.97 Å². The Balaban J connectivity index is 2.09. The van der Waals surface area contributed by atoms with Gasteiger partial charge in [0.2, 0.25) is 11.8 Å². The predicted molar refractivity (Wildman–Crippen MR) is 67.2 cm³/mol. The molecule has 1 aromatic carbocycles. The zero-order chi connectivity index (χ0) is 12.3. The first-order valence-corrected chi connectivity index (χ1v) is 5.56. The summed E-state index contributed by atoms with van der Waals surface area (Å²) in [5, 5.41) is 0.973. The number of nitrogens with two attached hydrogens (primary N) is 1. The summed E-state index contributed by atoms with van der Waals surface area (Å²) in [7, 11) is 0. The van der Waals surface area contributed by atoms with Crippen LogP contribution in [0.15, 0.2) is 30.5 Å². The number of hydrogen-bond donors (Lipinski definition) is 1. The second kappa shape index (κ2) is 5.21. The van der Waals surface area contributed by atoms with E-state index in [9.17, 15) is 0 Å². The van der Waals surface area contributed by atoms with Crippen molar-refractivity contribution in [2.24, 2.45) is 0 Å². The maximum atomic E-state index is 5.86. The van der Waals surface area contributed by atoms with Crippen LogP contribution >= 0.6 is 23.2 Å². The highest BCUT2D eigenvalue weighted by Gasteiger charge is 2.05. The van der Waals surface area contributed by atoms with Gasteiger partial charge in [-0.3, -0.25) is 0 Å². The second-order valence-corrected chi connectivity index (χ2v) is 4.14. The predicted octanol–water partition coefficient (Wildman–Crippen LogP) is 2.94. The quantitative estimate of drug-likeness (QED) is 0.931. The lowest BCUT2D eigenvalue weighted by Gasteiger charge is -2.07. The number of aromatic nitrogens is 2. The molecule has 2 N–H and O–H groups in total. The Morgan fingerprint density at radius 2 is 2.12 bits per heavy atom. The summed E-state index contributed by atoms with van der Waals surface area (Å²) in [6, 6.07) is 7.34. The smallest absolute Gasteiger partial charge is 0.237 e. The molecule has 0 fully saturated rings. The van der Waals surface area contributed by atoms with E-state index < -0.39 is 0 Å². The van der Waals surface area contributed by atoms with Crippen LogP contribution in [0.4, 0.5) is 5.95 Å². The van der Waals surface area contributed by atoms with Crippen molar-refractivity contribution in [3.63, 3.8) is 0 Å². The number of halogens is 2. The van der Waals surface area contributed by atoms with Gasteiger partial charge in [0.25, 0.3) is 0 Å². The van der Waals surface area contributed by atoms with E-state index in [1.54, 1.807) is 12.1 Å². The molecule has 88 valence electrons. The van der Waals surface area contributed by atoms with Gasteiger partial charge in [0.15, 0.2) is 0 Å². The number of anilines is 1. The molecule has 0 aliphatic heterocycles. The highest BCUT2D eigenvalue weighted by Crippen LogP contribution is 2.22. The van der Waals surface area contributed by atoms with Crippen molar-refractivity contribution in [2.45, 2.75) is 6.61 Å². The summed E-state index contributed by atoms with van der Waals surface area (Å²) < 4.78 is 5.44. The second-order valence-electron chi connectivity index (χ2n) is 3.30. The molecular formula is C11H9Cl2N3O. The molecule has 1 heterocycles. The Morgan fingerprint density at radius 3 is 2.88 bits per heavy atom. The van der Waals surface area contributed by atoms with Crippen LogP contribution in [-0.2, 0) is 6.61 Å². The van der Waals surface area contributed by atoms with E-state index in [0.717, 1.165) is 5.56 Å². The molecule has 2 aromatic rings. The molecule has 0 spiro atoms. The number of ether oxygens (including phenoxy) is 1. The van der Waals surface area contributed by atoms with Crippen LogP contribution in [0.3, 0.4) is 0 Å². The largest absolute Gasteiger partial charge is 0.472 e. The fourth-order valence-corrected chi connectivity index (χ4v) is 1.60. The summed E-state index contributed by atoms with van der Waals surface area (Å²) in [5.41, 5.74) is 6.36. The monoisotopic (exact) mass is 269 g/mol. The zero-order valence-corrected chi connectivity index (χ0v) is 10.2. The Hall–Kier alpha value is -1.52. The minimum absolute atomic E-state index is 0.121. The molecule has 6 heteroatoms. The van der Waals surface area contributed by atoms with Crippen LogP contribution in [0.5, 0.6) is 5.88 Å². The van der Waals surface area contributed by atoms with E-state index in [1.165, 1.54) is 6.20 Å². The maximum Gasteiger partial charge on any atom is 0.237 e. The minimum atomic E-state index is 0.121. The van der Waals surface area contributed by atoms with Gasteiger partial charge in [0.1, 0.15) is 11.6 Å². The SMILES string of the molecule is Nc1ncc(Cl)c(OCc2cccc(Cl)c2)n1. The molecule has 17 heavy (non-hydrogen) atoms. The summed E-state index contributed by atoms with van der Waals surface area (Å²) >= 11 is 11.7.